The van der Waals surface area contributed by atoms with Crippen LogP contribution in [0.5, 0.6) is 0 Å². The molecular weight excluding hydrogens is 220 g/mol. The van der Waals surface area contributed by atoms with Gasteiger partial charge >= 0.3 is 5.97 Å². The van der Waals surface area contributed by atoms with Crippen LogP contribution in [0.1, 0.15) is 39.5 Å². The molecule has 2 unspecified atom stereocenters. The Morgan fingerprint density at radius 3 is 2.59 bits per heavy atom. The molecule has 1 saturated heterocycles. The summed E-state index contributed by atoms with van der Waals surface area (Å²) in [5, 5.41) is 14.8. The molecule has 1 amide bonds. The van der Waals surface area contributed by atoms with E-state index >= 15 is 0 Å². The fraction of sp³-hybridized carbons (Fsp3) is 0.833. The quantitative estimate of drug-likeness (QED) is 0.642. The smallest absolute Gasteiger partial charge is 0.305 e. The molecule has 5 heteroatoms. The summed E-state index contributed by atoms with van der Waals surface area (Å²) in [5.41, 5.74) is -0.341. The summed E-state index contributed by atoms with van der Waals surface area (Å²) >= 11 is 0. The zero-order chi connectivity index (χ0) is 12.9. The maximum atomic E-state index is 12.2. The predicted molar refractivity (Wildman–Crippen MR) is 64.7 cm³/mol. The van der Waals surface area contributed by atoms with E-state index in [1.54, 1.807) is 0 Å². The second-order valence-electron chi connectivity index (χ2n) is 4.74. The third-order valence-corrected chi connectivity index (χ3v) is 3.65. The maximum Gasteiger partial charge on any atom is 0.305 e. The SMILES string of the molecule is CCC(CC(=O)O)NC(=O)C1(CC)CCNC1. The van der Waals surface area contributed by atoms with E-state index in [1.807, 2.05) is 13.8 Å². The van der Waals surface area contributed by atoms with Crippen molar-refractivity contribution < 1.29 is 14.7 Å². The summed E-state index contributed by atoms with van der Waals surface area (Å²) in [6.45, 7) is 5.44. The van der Waals surface area contributed by atoms with Gasteiger partial charge in [0.2, 0.25) is 5.91 Å². The van der Waals surface area contributed by atoms with Crippen LogP contribution in [0.4, 0.5) is 0 Å². The topological polar surface area (TPSA) is 78.4 Å². The lowest BCUT2D eigenvalue weighted by atomic mass is 9.83. The zero-order valence-corrected chi connectivity index (χ0v) is 10.6. The Morgan fingerprint density at radius 1 is 1.47 bits per heavy atom. The molecule has 98 valence electrons. The molecule has 1 rings (SSSR count). The Kier molecular flexibility index (Phi) is 4.93. The fourth-order valence-electron chi connectivity index (χ4n) is 2.25. The van der Waals surface area contributed by atoms with E-state index in [0.29, 0.717) is 13.0 Å². The van der Waals surface area contributed by atoms with Crippen molar-refractivity contribution in [3.8, 4) is 0 Å². The molecule has 0 aromatic heterocycles. The number of carbonyl (C=O) groups is 2. The van der Waals surface area contributed by atoms with Crippen molar-refractivity contribution in [1.29, 1.82) is 0 Å². The van der Waals surface area contributed by atoms with Crippen molar-refractivity contribution in [2.75, 3.05) is 13.1 Å². The summed E-state index contributed by atoms with van der Waals surface area (Å²) < 4.78 is 0. The molecule has 0 radical (unpaired) electrons. The maximum absolute atomic E-state index is 12.2. The number of hydrogen-bond donors (Lipinski definition) is 3. The molecule has 1 heterocycles. The summed E-state index contributed by atoms with van der Waals surface area (Å²) in [4.78, 5) is 22.9. The molecule has 0 spiro atoms. The number of hydrogen-bond acceptors (Lipinski definition) is 3. The van der Waals surface area contributed by atoms with Crippen molar-refractivity contribution in [2.45, 2.75) is 45.6 Å². The van der Waals surface area contributed by atoms with Crippen LogP contribution in [0.3, 0.4) is 0 Å². The number of carboxylic acids is 1. The van der Waals surface area contributed by atoms with Crippen LogP contribution in [-0.4, -0.2) is 36.1 Å². The van der Waals surface area contributed by atoms with Gasteiger partial charge in [0.25, 0.3) is 0 Å². The molecule has 0 aromatic carbocycles. The van der Waals surface area contributed by atoms with E-state index in [0.717, 1.165) is 19.4 Å². The number of rotatable bonds is 6. The highest BCUT2D eigenvalue weighted by molar-refractivity contribution is 5.84. The third-order valence-electron chi connectivity index (χ3n) is 3.65. The van der Waals surface area contributed by atoms with Crippen LogP contribution in [0.25, 0.3) is 0 Å². The largest absolute Gasteiger partial charge is 0.481 e. The van der Waals surface area contributed by atoms with E-state index < -0.39 is 5.97 Å². The van der Waals surface area contributed by atoms with Gasteiger partial charge in [-0.05, 0) is 25.8 Å². The number of carboxylic acid groups (broad SMARTS) is 1. The minimum absolute atomic E-state index is 0.00176. The van der Waals surface area contributed by atoms with Gasteiger partial charge in [-0.2, -0.15) is 0 Å². The van der Waals surface area contributed by atoms with Crippen LogP contribution in [0, 0.1) is 5.41 Å². The van der Waals surface area contributed by atoms with E-state index in [2.05, 4.69) is 10.6 Å². The fourth-order valence-corrected chi connectivity index (χ4v) is 2.25. The zero-order valence-electron chi connectivity index (χ0n) is 10.6. The first-order valence-corrected chi connectivity index (χ1v) is 6.27. The van der Waals surface area contributed by atoms with Gasteiger partial charge in [-0.25, -0.2) is 0 Å². The first-order valence-electron chi connectivity index (χ1n) is 6.27. The van der Waals surface area contributed by atoms with Gasteiger partial charge in [0, 0.05) is 12.6 Å². The van der Waals surface area contributed by atoms with Crippen LogP contribution in [0.15, 0.2) is 0 Å². The molecule has 17 heavy (non-hydrogen) atoms. The Hall–Kier alpha value is -1.10. The molecule has 3 N–H and O–H groups in total. The lowest BCUT2D eigenvalue weighted by molar-refractivity contribution is -0.138. The van der Waals surface area contributed by atoms with Crippen LogP contribution >= 0.6 is 0 Å². The van der Waals surface area contributed by atoms with Crippen molar-refractivity contribution in [1.82, 2.24) is 10.6 Å². The normalized spacial score (nSPS) is 25.5. The van der Waals surface area contributed by atoms with Crippen molar-refractivity contribution in [3.05, 3.63) is 0 Å². The average molecular weight is 242 g/mol. The van der Waals surface area contributed by atoms with Crippen LogP contribution in [-0.2, 0) is 9.59 Å². The van der Waals surface area contributed by atoms with Crippen LogP contribution < -0.4 is 10.6 Å². The van der Waals surface area contributed by atoms with Crippen LogP contribution in [0.2, 0.25) is 0 Å². The molecule has 1 fully saturated rings. The standard InChI is InChI=1S/C12H22N2O3/c1-3-9(7-10(15)16)14-11(17)12(4-2)5-6-13-8-12/h9,13H,3-8H2,1-2H3,(H,14,17)(H,15,16). The van der Waals surface area contributed by atoms with Gasteiger partial charge in [0.15, 0.2) is 0 Å². The molecule has 0 bridgehead atoms. The van der Waals surface area contributed by atoms with Crippen molar-refractivity contribution in [2.24, 2.45) is 5.41 Å². The highest BCUT2D eigenvalue weighted by atomic mass is 16.4. The van der Waals surface area contributed by atoms with E-state index in [9.17, 15) is 9.59 Å². The van der Waals surface area contributed by atoms with E-state index in [1.165, 1.54) is 0 Å². The van der Waals surface area contributed by atoms with Gasteiger partial charge in [-0.3, -0.25) is 9.59 Å². The van der Waals surface area contributed by atoms with Gasteiger partial charge in [-0.1, -0.05) is 13.8 Å². The predicted octanol–water partition coefficient (Wildman–Crippen LogP) is 0.746. The van der Waals surface area contributed by atoms with Crippen molar-refractivity contribution in [3.63, 3.8) is 0 Å². The first kappa shape index (κ1) is 14.0. The van der Waals surface area contributed by atoms with E-state index in [4.69, 9.17) is 5.11 Å². The highest BCUT2D eigenvalue weighted by Gasteiger charge is 2.40. The molecule has 0 aromatic rings. The molecule has 1 aliphatic rings. The molecule has 1 aliphatic heterocycles. The number of aliphatic carboxylic acids is 1. The Bertz CT molecular complexity index is 285. The van der Waals surface area contributed by atoms with Gasteiger partial charge in [0.05, 0.1) is 11.8 Å². The minimum Gasteiger partial charge on any atom is -0.481 e. The monoisotopic (exact) mass is 242 g/mol. The third kappa shape index (κ3) is 3.43. The Morgan fingerprint density at radius 2 is 2.18 bits per heavy atom. The second kappa shape index (κ2) is 6.00. The number of nitrogens with one attached hydrogen (secondary N) is 2. The summed E-state index contributed by atoms with van der Waals surface area (Å²) in [6, 6.07) is -0.260. The summed E-state index contributed by atoms with van der Waals surface area (Å²) in [5.74, 6) is -0.870. The van der Waals surface area contributed by atoms with Crippen molar-refractivity contribution >= 4 is 11.9 Å². The molecular formula is C12H22N2O3. The van der Waals surface area contributed by atoms with Gasteiger partial charge in [-0.15, -0.1) is 0 Å². The summed E-state index contributed by atoms with van der Waals surface area (Å²) in [6.07, 6.45) is 2.26. The molecule has 5 nitrogen and oxygen atoms in total. The summed E-state index contributed by atoms with van der Waals surface area (Å²) in [7, 11) is 0. The Balaban J connectivity index is 2.59. The number of carbonyl (C=O) groups excluding carboxylic acids is 1. The second-order valence-corrected chi connectivity index (χ2v) is 4.74. The molecule has 0 aliphatic carbocycles. The average Bonchev–Trinajstić information content (AvgIpc) is 2.77. The van der Waals surface area contributed by atoms with Gasteiger partial charge in [0.1, 0.15) is 0 Å². The lowest BCUT2D eigenvalue weighted by Crippen LogP contribution is -2.47. The Labute approximate surface area is 102 Å². The minimum atomic E-state index is -0.868. The van der Waals surface area contributed by atoms with Gasteiger partial charge < -0.3 is 15.7 Å². The van der Waals surface area contributed by atoms with E-state index in [-0.39, 0.29) is 23.8 Å². The lowest BCUT2D eigenvalue weighted by Gasteiger charge is -2.27. The molecule has 2 atom stereocenters. The first-order chi connectivity index (χ1) is 8.04. The highest BCUT2D eigenvalue weighted by Crippen LogP contribution is 2.29. The number of amides is 1. The molecule has 0 saturated carbocycles.